The van der Waals surface area contributed by atoms with Crippen LogP contribution in [-0.2, 0) is 69.7 Å². The van der Waals surface area contributed by atoms with Crippen molar-refractivity contribution in [3.8, 4) is 34.2 Å². The molecule has 6 rings (SSSR count). The van der Waals surface area contributed by atoms with E-state index in [1.807, 2.05) is 0 Å². The standard InChI is InChI=1S/C55H62ClF10N8O5/c1-70(2)44-12-16-74(34-39-27-43(58)29-46(60)51(39)53-69-32-41(36-72(53)4)55(64,65)66)48(30-44)47-25-37(9-10-49(75)67-14-18-77-20-22-79-24-23-78-21-19-76-17-8-6-5-7-13-56)11-15-73(47)33-38-26-42(57)28-45(59)50(38)52-68-31-40(35-71(52)3)54(61,62)63/h11-12,15-16,25-32,35-36H,5-10,13-14,17-24,33-34H2,1-4H3/q+3/p+1. The lowest BCUT2D eigenvalue weighted by Gasteiger charge is -2.15. The Bertz CT molecular complexity index is 3010. The molecule has 6 aromatic rings. The number of ether oxygens (including phenoxy) is 4. The molecule has 4 aromatic heterocycles. The third-order valence-corrected chi connectivity index (χ3v) is 12.7. The molecule has 0 radical (unpaired) electrons. The van der Waals surface area contributed by atoms with Gasteiger partial charge in [0.2, 0.25) is 5.91 Å². The fourth-order valence-corrected chi connectivity index (χ4v) is 8.65. The van der Waals surface area contributed by atoms with Crippen molar-refractivity contribution in [1.82, 2.24) is 15.3 Å². The van der Waals surface area contributed by atoms with Crippen LogP contribution in [0.1, 0.15) is 59.9 Å². The number of rotatable bonds is 29. The quantitative estimate of drug-likeness (QED) is 0.0216. The molecule has 24 heteroatoms. The minimum Gasteiger partial charge on any atom is -0.379 e. The molecule has 0 aliphatic rings. The number of hydrogen-bond donors (Lipinski definition) is 1. The Morgan fingerprint density at radius 2 is 1.09 bits per heavy atom. The number of nitrogens with one attached hydrogen (secondary N) is 1. The second kappa shape index (κ2) is 29.2. The summed E-state index contributed by atoms with van der Waals surface area (Å²) >= 11 is 5.69. The van der Waals surface area contributed by atoms with Gasteiger partial charge in [-0.2, -0.15) is 35.5 Å². The number of nitrogens with zero attached hydrogens (tertiary/aromatic N) is 7. The predicted molar refractivity (Wildman–Crippen MR) is 270 cm³/mol. The molecule has 0 saturated heterocycles. The van der Waals surface area contributed by atoms with Gasteiger partial charge in [-0.15, -0.1) is 11.6 Å². The molecule has 0 aliphatic heterocycles. The van der Waals surface area contributed by atoms with E-state index in [-0.39, 0.29) is 85.5 Å². The lowest BCUT2D eigenvalue weighted by molar-refractivity contribution is -0.706. The molecule has 79 heavy (non-hydrogen) atoms. The van der Waals surface area contributed by atoms with E-state index in [0.717, 1.165) is 59.3 Å². The second-order valence-electron chi connectivity index (χ2n) is 18.6. The van der Waals surface area contributed by atoms with Gasteiger partial charge in [0.25, 0.3) is 11.4 Å². The number of aryl methyl sites for hydroxylation is 3. The van der Waals surface area contributed by atoms with Crippen molar-refractivity contribution >= 4 is 23.2 Å². The van der Waals surface area contributed by atoms with Crippen LogP contribution >= 0.6 is 11.6 Å². The molecular formula is C55H63ClF10N8O5+4. The summed E-state index contributed by atoms with van der Waals surface area (Å²) in [4.78, 5) is 22.8. The lowest BCUT2D eigenvalue weighted by atomic mass is 10.0. The molecule has 0 saturated carbocycles. The van der Waals surface area contributed by atoms with Gasteiger partial charge in [0.05, 0.1) is 60.3 Å². The Labute approximate surface area is 456 Å². The minimum atomic E-state index is -4.77. The van der Waals surface area contributed by atoms with Crippen LogP contribution in [0, 0.1) is 23.3 Å². The SMILES string of the molecule is CN(C)c1cc[n+](Cc2cc(F)cc(F)c2-c2ncc(C(F)(F)F)c[n+]2C)c(-c2cc(CCC(=O)NCCOCCOCCOCCOCCCCCCCl)cc[n+]2Cc2cc(F)cc(F)c2-c2ncc(C(F)(F)F)c[n+]2C)c1. The number of pyridine rings is 2. The highest BCUT2D eigenvalue weighted by atomic mass is 35.5. The lowest BCUT2D eigenvalue weighted by Crippen LogP contribution is -2.44. The van der Waals surface area contributed by atoms with Crippen molar-refractivity contribution in [2.75, 3.05) is 84.3 Å². The molecule has 1 N–H and O–H groups in total. The van der Waals surface area contributed by atoms with Crippen molar-refractivity contribution < 1.29 is 85.9 Å². The van der Waals surface area contributed by atoms with Gasteiger partial charge >= 0.3 is 24.0 Å². The Balaban J connectivity index is 1.24. The van der Waals surface area contributed by atoms with Gasteiger partial charge in [-0.05, 0) is 46.9 Å². The fourth-order valence-electron chi connectivity index (χ4n) is 8.46. The van der Waals surface area contributed by atoms with E-state index in [1.54, 1.807) is 64.8 Å². The third kappa shape index (κ3) is 18.1. The average Bonchev–Trinajstić information content (AvgIpc) is 3.38. The molecule has 2 aromatic carbocycles. The molecule has 4 heterocycles. The fraction of sp³-hybridized carbons (Fsp3) is 0.436. The zero-order chi connectivity index (χ0) is 57.3. The number of benzene rings is 2. The summed E-state index contributed by atoms with van der Waals surface area (Å²) in [7, 11) is 5.99. The van der Waals surface area contributed by atoms with Crippen LogP contribution in [0.25, 0.3) is 34.2 Å². The molecule has 426 valence electrons. The highest BCUT2D eigenvalue weighted by Crippen LogP contribution is 2.32. The van der Waals surface area contributed by atoms with E-state index >= 15 is 17.6 Å². The maximum absolute atomic E-state index is 16.0. The molecular weight excluding hydrogens is 1080 g/mol. The molecule has 1 amide bonds. The number of hydrogen-bond acceptors (Lipinski definition) is 8. The number of carbonyl (C=O) groups is 1. The highest BCUT2D eigenvalue weighted by molar-refractivity contribution is 6.17. The number of halogens is 11. The highest BCUT2D eigenvalue weighted by Gasteiger charge is 2.38. The normalized spacial score (nSPS) is 11.9. The smallest absolute Gasteiger partial charge is 0.379 e. The van der Waals surface area contributed by atoms with E-state index in [2.05, 4.69) is 15.3 Å². The predicted octanol–water partition coefficient (Wildman–Crippen LogP) is 8.37. The Morgan fingerprint density at radius 3 is 1.57 bits per heavy atom. The molecule has 0 bridgehead atoms. The van der Waals surface area contributed by atoms with Crippen molar-refractivity contribution in [1.29, 1.82) is 0 Å². The number of amides is 1. The van der Waals surface area contributed by atoms with Gasteiger partial charge in [0.15, 0.2) is 37.9 Å². The van der Waals surface area contributed by atoms with Gasteiger partial charge in [0.1, 0.15) is 57.9 Å². The van der Waals surface area contributed by atoms with Crippen molar-refractivity contribution in [3.63, 3.8) is 0 Å². The Hall–Kier alpha value is -6.40. The Kier molecular flexibility index (Phi) is 22.8. The number of unbranched alkanes of at least 4 members (excludes halogenated alkanes) is 3. The van der Waals surface area contributed by atoms with Gasteiger partial charge in [-0.25, -0.2) is 26.7 Å². The summed E-state index contributed by atoms with van der Waals surface area (Å²) in [5, 5.41) is 2.82. The van der Waals surface area contributed by atoms with Gasteiger partial charge in [0, 0.05) is 92.8 Å². The van der Waals surface area contributed by atoms with Crippen LogP contribution in [0.5, 0.6) is 0 Å². The first-order valence-electron chi connectivity index (χ1n) is 25.3. The maximum Gasteiger partial charge on any atom is 0.423 e. The molecule has 0 spiro atoms. The van der Waals surface area contributed by atoms with Crippen LogP contribution < -0.4 is 28.5 Å². The number of anilines is 1. The molecule has 13 nitrogen and oxygen atoms in total. The van der Waals surface area contributed by atoms with Crippen LogP contribution in [0.15, 0.2) is 85.7 Å². The monoisotopic (exact) mass is 1140 g/mol. The summed E-state index contributed by atoms with van der Waals surface area (Å²) in [5.74, 6) is -4.34. The summed E-state index contributed by atoms with van der Waals surface area (Å²) in [5.41, 5.74) is -0.997. The molecule has 0 fully saturated rings. The summed E-state index contributed by atoms with van der Waals surface area (Å²) < 4.78 is 172. The van der Waals surface area contributed by atoms with Crippen LogP contribution in [0.4, 0.5) is 49.6 Å². The van der Waals surface area contributed by atoms with Crippen molar-refractivity contribution in [2.45, 2.75) is 64.0 Å². The summed E-state index contributed by atoms with van der Waals surface area (Å²) in [6.45, 7) is 2.80. The molecule has 0 unspecified atom stereocenters. The van der Waals surface area contributed by atoms with Crippen LogP contribution in [0.3, 0.4) is 0 Å². The van der Waals surface area contributed by atoms with Crippen molar-refractivity contribution in [3.05, 3.63) is 137 Å². The average molecular weight is 1140 g/mol. The zero-order valence-corrected chi connectivity index (χ0v) is 44.9. The summed E-state index contributed by atoms with van der Waals surface area (Å²) in [6, 6.07) is 10.0. The number of carbonyl (C=O) groups excluding carboxylic acids is 1. The summed E-state index contributed by atoms with van der Waals surface area (Å²) in [6.07, 6.45) is 0.541. The van der Waals surface area contributed by atoms with E-state index in [9.17, 15) is 31.1 Å². The van der Waals surface area contributed by atoms with E-state index < -0.39 is 46.7 Å². The molecule has 0 aliphatic carbocycles. The number of aromatic nitrogens is 6. The zero-order valence-electron chi connectivity index (χ0n) is 44.1. The first kappa shape index (κ1) is 61.8. The first-order chi connectivity index (χ1) is 37.6. The van der Waals surface area contributed by atoms with Gasteiger partial charge in [-0.1, -0.05) is 12.8 Å². The van der Waals surface area contributed by atoms with Crippen molar-refractivity contribution in [2.24, 2.45) is 14.1 Å². The van der Waals surface area contributed by atoms with Crippen LogP contribution in [0.2, 0.25) is 0 Å². The third-order valence-electron chi connectivity index (χ3n) is 12.4. The number of alkyl halides is 7. The minimum absolute atomic E-state index is 0.00231. The first-order valence-corrected chi connectivity index (χ1v) is 25.9. The second-order valence-corrected chi connectivity index (χ2v) is 19.0. The maximum atomic E-state index is 16.0. The van der Waals surface area contributed by atoms with E-state index in [0.29, 0.717) is 92.7 Å². The molecule has 0 atom stereocenters. The topological polar surface area (TPSA) is 111 Å². The van der Waals surface area contributed by atoms with Crippen LogP contribution in [-0.4, -0.2) is 95.3 Å². The van der Waals surface area contributed by atoms with Gasteiger partial charge in [-0.3, -0.25) is 4.79 Å². The van der Waals surface area contributed by atoms with E-state index in [1.165, 1.54) is 14.1 Å². The Morgan fingerprint density at radius 1 is 0.620 bits per heavy atom. The largest absolute Gasteiger partial charge is 0.423 e. The van der Waals surface area contributed by atoms with E-state index in [4.69, 9.17) is 30.5 Å². The van der Waals surface area contributed by atoms with Gasteiger partial charge < -0.3 is 29.2 Å².